The molecule has 0 aromatic heterocycles. The van der Waals surface area contributed by atoms with E-state index in [-0.39, 0.29) is 4.90 Å². The molecule has 16 heavy (non-hydrogen) atoms. The summed E-state index contributed by atoms with van der Waals surface area (Å²) in [4.78, 5) is 10.6. The standard InChI is InChI=1S/C10H13NO4S/c1-7(6-10(12)13)16(14,15)9-4-2-8(11)3-5-9/h2-5,7H,6,11H2,1H3,(H,12,13). The van der Waals surface area contributed by atoms with E-state index in [1.54, 1.807) is 0 Å². The van der Waals surface area contributed by atoms with Gasteiger partial charge in [0.15, 0.2) is 9.84 Å². The average Bonchev–Trinajstić information content (AvgIpc) is 2.17. The van der Waals surface area contributed by atoms with Crippen LogP contribution in [0.4, 0.5) is 5.69 Å². The number of hydrogen-bond acceptors (Lipinski definition) is 4. The summed E-state index contributed by atoms with van der Waals surface area (Å²) >= 11 is 0. The van der Waals surface area contributed by atoms with Gasteiger partial charge in [0.1, 0.15) is 0 Å². The molecular weight excluding hydrogens is 230 g/mol. The van der Waals surface area contributed by atoms with Gasteiger partial charge in [0.25, 0.3) is 0 Å². The highest BCUT2D eigenvalue weighted by molar-refractivity contribution is 7.92. The molecule has 1 aromatic carbocycles. The molecule has 0 aliphatic heterocycles. The zero-order valence-corrected chi connectivity index (χ0v) is 9.57. The van der Waals surface area contributed by atoms with Gasteiger partial charge in [0.05, 0.1) is 16.6 Å². The van der Waals surface area contributed by atoms with Crippen LogP contribution in [0.2, 0.25) is 0 Å². The third-order valence-corrected chi connectivity index (χ3v) is 4.36. The van der Waals surface area contributed by atoms with Crippen molar-refractivity contribution in [3.8, 4) is 0 Å². The molecule has 0 bridgehead atoms. The molecule has 1 aromatic rings. The molecule has 0 spiro atoms. The lowest BCUT2D eigenvalue weighted by atomic mass is 10.3. The van der Waals surface area contributed by atoms with Crippen molar-refractivity contribution in [1.29, 1.82) is 0 Å². The topological polar surface area (TPSA) is 97.5 Å². The van der Waals surface area contributed by atoms with Gasteiger partial charge in [-0.05, 0) is 31.2 Å². The van der Waals surface area contributed by atoms with E-state index in [0.717, 1.165) is 0 Å². The van der Waals surface area contributed by atoms with Crippen LogP contribution in [-0.4, -0.2) is 24.7 Å². The van der Waals surface area contributed by atoms with Crippen molar-refractivity contribution in [2.24, 2.45) is 0 Å². The first kappa shape index (κ1) is 12.5. The second-order valence-electron chi connectivity index (χ2n) is 3.52. The monoisotopic (exact) mass is 243 g/mol. The van der Waals surface area contributed by atoms with Gasteiger partial charge in [-0.15, -0.1) is 0 Å². The molecule has 88 valence electrons. The summed E-state index contributed by atoms with van der Waals surface area (Å²) in [7, 11) is -3.59. The number of sulfone groups is 1. The first-order valence-corrected chi connectivity index (χ1v) is 6.20. The predicted octanol–water partition coefficient (Wildman–Crippen LogP) is 0.906. The van der Waals surface area contributed by atoms with Crippen LogP contribution in [-0.2, 0) is 14.6 Å². The number of benzene rings is 1. The van der Waals surface area contributed by atoms with Gasteiger partial charge in [-0.2, -0.15) is 0 Å². The molecule has 5 nitrogen and oxygen atoms in total. The number of carbonyl (C=O) groups is 1. The number of nitrogen functional groups attached to an aromatic ring is 1. The van der Waals surface area contributed by atoms with Gasteiger partial charge in [-0.25, -0.2) is 8.42 Å². The Hall–Kier alpha value is -1.56. The zero-order valence-electron chi connectivity index (χ0n) is 8.75. The first-order chi connectivity index (χ1) is 7.34. The van der Waals surface area contributed by atoms with Gasteiger partial charge in [0, 0.05) is 5.69 Å². The summed E-state index contributed by atoms with van der Waals surface area (Å²) < 4.78 is 23.7. The molecule has 0 radical (unpaired) electrons. The van der Waals surface area contributed by atoms with E-state index in [9.17, 15) is 13.2 Å². The van der Waals surface area contributed by atoms with E-state index in [1.807, 2.05) is 0 Å². The quantitative estimate of drug-likeness (QED) is 0.766. The van der Waals surface area contributed by atoms with Crippen LogP contribution >= 0.6 is 0 Å². The Morgan fingerprint density at radius 2 is 1.88 bits per heavy atom. The van der Waals surface area contributed by atoms with Crippen molar-refractivity contribution in [2.75, 3.05) is 5.73 Å². The average molecular weight is 243 g/mol. The molecule has 6 heteroatoms. The van der Waals surface area contributed by atoms with Crippen LogP contribution in [0.3, 0.4) is 0 Å². The minimum absolute atomic E-state index is 0.0930. The minimum Gasteiger partial charge on any atom is -0.481 e. The summed E-state index contributed by atoms with van der Waals surface area (Å²) in [6.07, 6.45) is -0.410. The van der Waals surface area contributed by atoms with Crippen molar-refractivity contribution < 1.29 is 18.3 Å². The lowest BCUT2D eigenvalue weighted by Crippen LogP contribution is -2.21. The van der Waals surface area contributed by atoms with Gasteiger partial charge < -0.3 is 10.8 Å². The molecule has 0 heterocycles. The molecule has 1 unspecified atom stereocenters. The second kappa shape index (κ2) is 4.52. The van der Waals surface area contributed by atoms with Crippen molar-refractivity contribution in [2.45, 2.75) is 23.5 Å². The minimum atomic E-state index is -3.59. The maximum atomic E-state index is 11.9. The molecule has 0 saturated carbocycles. The van der Waals surface area contributed by atoms with Crippen LogP contribution in [0.25, 0.3) is 0 Å². The Bertz CT molecular complexity index is 478. The molecule has 1 rings (SSSR count). The fourth-order valence-electron chi connectivity index (χ4n) is 1.25. The van der Waals surface area contributed by atoms with Gasteiger partial charge in [0.2, 0.25) is 0 Å². The zero-order chi connectivity index (χ0) is 12.3. The van der Waals surface area contributed by atoms with Gasteiger partial charge >= 0.3 is 5.97 Å². The summed E-state index contributed by atoms with van der Waals surface area (Å²) in [6, 6.07) is 5.70. The molecule has 0 aliphatic carbocycles. The molecule has 0 saturated heterocycles. The summed E-state index contributed by atoms with van der Waals surface area (Å²) in [5, 5.41) is 7.60. The molecule has 3 N–H and O–H groups in total. The summed E-state index contributed by atoms with van der Waals surface area (Å²) in [5.74, 6) is -1.13. The predicted molar refractivity (Wildman–Crippen MR) is 59.8 cm³/mol. The van der Waals surface area contributed by atoms with Gasteiger partial charge in [-0.1, -0.05) is 0 Å². The number of nitrogens with two attached hydrogens (primary N) is 1. The van der Waals surface area contributed by atoms with Crippen molar-refractivity contribution in [3.63, 3.8) is 0 Å². The van der Waals surface area contributed by atoms with E-state index < -0.39 is 27.5 Å². The van der Waals surface area contributed by atoms with E-state index in [4.69, 9.17) is 10.8 Å². The summed E-state index contributed by atoms with van der Waals surface area (Å²) in [6.45, 7) is 1.37. The fraction of sp³-hybridized carbons (Fsp3) is 0.300. The van der Waals surface area contributed by atoms with Crippen molar-refractivity contribution in [3.05, 3.63) is 24.3 Å². The van der Waals surface area contributed by atoms with E-state index >= 15 is 0 Å². The fourth-order valence-corrected chi connectivity index (χ4v) is 2.59. The van der Waals surface area contributed by atoms with E-state index in [1.165, 1.54) is 31.2 Å². The lowest BCUT2D eigenvalue weighted by molar-refractivity contribution is -0.136. The van der Waals surface area contributed by atoms with Crippen LogP contribution in [0.15, 0.2) is 29.2 Å². The third kappa shape index (κ3) is 2.73. The number of carboxylic acids is 1. The molecule has 0 fully saturated rings. The summed E-state index contributed by atoms with van der Waals surface area (Å²) in [5.41, 5.74) is 5.90. The second-order valence-corrected chi connectivity index (χ2v) is 5.89. The highest BCUT2D eigenvalue weighted by atomic mass is 32.2. The maximum Gasteiger partial charge on any atom is 0.304 e. The number of anilines is 1. The Morgan fingerprint density at radius 3 is 2.31 bits per heavy atom. The van der Waals surface area contributed by atoms with Crippen LogP contribution in [0, 0.1) is 0 Å². The Kier molecular flexibility index (Phi) is 3.54. The van der Waals surface area contributed by atoms with E-state index in [0.29, 0.717) is 5.69 Å². The third-order valence-electron chi connectivity index (χ3n) is 2.20. The van der Waals surface area contributed by atoms with Crippen LogP contribution in [0.5, 0.6) is 0 Å². The largest absolute Gasteiger partial charge is 0.481 e. The number of aliphatic carboxylic acids is 1. The van der Waals surface area contributed by atoms with Crippen LogP contribution in [0.1, 0.15) is 13.3 Å². The smallest absolute Gasteiger partial charge is 0.304 e. The molecule has 0 aliphatic rings. The van der Waals surface area contributed by atoms with Gasteiger partial charge in [-0.3, -0.25) is 4.79 Å². The Morgan fingerprint density at radius 1 is 1.38 bits per heavy atom. The number of hydrogen-bond donors (Lipinski definition) is 2. The normalized spacial score (nSPS) is 13.3. The van der Waals surface area contributed by atoms with E-state index in [2.05, 4.69) is 0 Å². The van der Waals surface area contributed by atoms with Crippen molar-refractivity contribution in [1.82, 2.24) is 0 Å². The maximum absolute atomic E-state index is 11.9. The first-order valence-electron chi connectivity index (χ1n) is 4.65. The SMILES string of the molecule is CC(CC(=O)O)S(=O)(=O)c1ccc(N)cc1. The Balaban J connectivity index is 3.02. The highest BCUT2D eigenvalue weighted by Crippen LogP contribution is 2.19. The molecule has 0 amide bonds. The number of rotatable bonds is 4. The molecule has 1 atom stereocenters. The van der Waals surface area contributed by atoms with Crippen LogP contribution < -0.4 is 5.73 Å². The molecular formula is C10H13NO4S. The Labute approximate surface area is 93.8 Å². The highest BCUT2D eigenvalue weighted by Gasteiger charge is 2.25. The van der Waals surface area contributed by atoms with Crippen molar-refractivity contribution >= 4 is 21.5 Å². The number of carboxylic acid groups (broad SMARTS) is 1. The lowest BCUT2D eigenvalue weighted by Gasteiger charge is -2.10.